The van der Waals surface area contributed by atoms with E-state index >= 15 is 0 Å². The van der Waals surface area contributed by atoms with Gasteiger partial charge in [-0.3, -0.25) is 19.5 Å². The van der Waals surface area contributed by atoms with E-state index in [9.17, 15) is 14.0 Å². The van der Waals surface area contributed by atoms with Crippen molar-refractivity contribution in [1.29, 1.82) is 0 Å². The molecule has 0 bridgehead atoms. The van der Waals surface area contributed by atoms with Crippen LogP contribution in [0.4, 0.5) is 10.1 Å². The third-order valence-corrected chi connectivity index (χ3v) is 3.41. The number of benzene rings is 1. The Balaban J connectivity index is 2.03. The van der Waals surface area contributed by atoms with Crippen molar-refractivity contribution in [3.8, 4) is 0 Å². The molecule has 1 aliphatic rings. The maximum atomic E-state index is 13.4. The van der Waals surface area contributed by atoms with E-state index in [1.54, 1.807) is 6.92 Å². The molecule has 1 aromatic heterocycles. The first-order valence-corrected chi connectivity index (χ1v) is 6.48. The lowest BCUT2D eigenvalue weighted by Gasteiger charge is -2.17. The molecule has 0 saturated carbocycles. The molecular weight excluding hydrogens is 297 g/mol. The molecule has 21 heavy (non-hydrogen) atoms. The Hall–Kier alpha value is -2.34. The maximum Gasteiger partial charge on any atom is 0.299 e. The molecule has 0 atom stereocenters. The molecule has 0 spiro atoms. The predicted molar refractivity (Wildman–Crippen MR) is 73.7 cm³/mol. The van der Waals surface area contributed by atoms with E-state index in [4.69, 9.17) is 11.6 Å². The van der Waals surface area contributed by atoms with E-state index in [0.717, 1.165) is 6.07 Å². The number of rotatable bonds is 2. The van der Waals surface area contributed by atoms with E-state index in [-0.39, 0.29) is 17.3 Å². The molecule has 0 radical (unpaired) electrons. The molecule has 0 aliphatic carbocycles. The van der Waals surface area contributed by atoms with E-state index in [2.05, 4.69) is 9.97 Å². The van der Waals surface area contributed by atoms with E-state index in [1.807, 2.05) is 0 Å². The van der Waals surface area contributed by atoms with Crippen molar-refractivity contribution in [2.75, 3.05) is 4.90 Å². The average Bonchev–Trinajstić information content (AvgIpc) is 2.67. The largest absolute Gasteiger partial charge is 0.299 e. The van der Waals surface area contributed by atoms with E-state index in [1.165, 1.54) is 23.4 Å². The zero-order valence-corrected chi connectivity index (χ0v) is 11.7. The molecule has 2 heterocycles. The Kier molecular flexibility index (Phi) is 3.17. The highest BCUT2D eigenvalue weighted by Crippen LogP contribution is 2.34. The fraction of sp³-hybridized carbons (Fsp3) is 0.143. The number of fused-ring (bicyclic) bond motifs is 1. The van der Waals surface area contributed by atoms with Crippen molar-refractivity contribution in [3.63, 3.8) is 0 Å². The number of nitrogens with zero attached hydrogens (tertiary/aromatic N) is 3. The SMILES string of the molecule is Cc1cc(F)cc2c1N(Cc1cnc(Cl)cn1)C(=O)C2=O. The summed E-state index contributed by atoms with van der Waals surface area (Å²) in [6.07, 6.45) is 2.79. The number of halogens is 2. The summed E-state index contributed by atoms with van der Waals surface area (Å²) in [7, 11) is 0. The molecule has 7 heteroatoms. The zero-order valence-electron chi connectivity index (χ0n) is 10.9. The van der Waals surface area contributed by atoms with Gasteiger partial charge in [0.25, 0.3) is 11.7 Å². The van der Waals surface area contributed by atoms with Crippen molar-refractivity contribution in [3.05, 3.63) is 52.3 Å². The number of aromatic nitrogens is 2. The molecule has 1 aromatic carbocycles. The topological polar surface area (TPSA) is 63.2 Å². The molecule has 0 fully saturated rings. The number of carbonyl (C=O) groups excluding carboxylic acids is 2. The Bertz CT molecular complexity index is 762. The minimum absolute atomic E-state index is 0.0776. The number of ketones is 1. The molecule has 1 aliphatic heterocycles. The molecule has 106 valence electrons. The van der Waals surface area contributed by atoms with Gasteiger partial charge in [-0.25, -0.2) is 9.37 Å². The Labute approximate surface area is 124 Å². The molecule has 0 N–H and O–H groups in total. The van der Waals surface area contributed by atoms with Crippen molar-refractivity contribution in [1.82, 2.24) is 9.97 Å². The summed E-state index contributed by atoms with van der Waals surface area (Å²) in [5.74, 6) is -1.95. The normalized spacial score (nSPS) is 13.8. The van der Waals surface area contributed by atoms with Crippen LogP contribution in [-0.2, 0) is 11.3 Å². The van der Waals surface area contributed by atoms with Crippen LogP contribution in [0.15, 0.2) is 24.5 Å². The maximum absolute atomic E-state index is 13.4. The second kappa shape index (κ2) is 4.89. The van der Waals surface area contributed by atoms with Crippen LogP contribution in [0.1, 0.15) is 21.6 Å². The number of anilines is 1. The van der Waals surface area contributed by atoms with Gasteiger partial charge in [-0.2, -0.15) is 0 Å². The van der Waals surface area contributed by atoms with Gasteiger partial charge in [-0.05, 0) is 24.6 Å². The van der Waals surface area contributed by atoms with E-state index in [0.29, 0.717) is 16.9 Å². The van der Waals surface area contributed by atoms with Gasteiger partial charge < -0.3 is 0 Å². The third-order valence-electron chi connectivity index (χ3n) is 3.21. The summed E-state index contributed by atoms with van der Waals surface area (Å²) < 4.78 is 13.4. The summed E-state index contributed by atoms with van der Waals surface area (Å²) in [6.45, 7) is 1.72. The van der Waals surface area contributed by atoms with Gasteiger partial charge in [-0.15, -0.1) is 0 Å². The van der Waals surface area contributed by atoms with Crippen LogP contribution in [0.25, 0.3) is 0 Å². The summed E-state index contributed by atoms with van der Waals surface area (Å²) >= 11 is 5.65. The second-order valence-electron chi connectivity index (χ2n) is 4.67. The summed E-state index contributed by atoms with van der Waals surface area (Å²) in [4.78, 5) is 33.2. The first-order valence-electron chi connectivity index (χ1n) is 6.10. The Morgan fingerprint density at radius 3 is 2.67 bits per heavy atom. The molecule has 0 unspecified atom stereocenters. The number of Topliss-reactive ketones (excluding diaryl/α,β-unsaturated/α-hetero) is 1. The highest BCUT2D eigenvalue weighted by atomic mass is 35.5. The van der Waals surface area contributed by atoms with Crippen LogP contribution in [-0.4, -0.2) is 21.7 Å². The fourth-order valence-electron chi connectivity index (χ4n) is 2.34. The minimum atomic E-state index is -0.713. The van der Waals surface area contributed by atoms with Gasteiger partial charge >= 0.3 is 0 Å². The Morgan fingerprint density at radius 1 is 1.24 bits per heavy atom. The smallest absolute Gasteiger partial charge is 0.298 e. The van der Waals surface area contributed by atoms with E-state index < -0.39 is 17.5 Å². The van der Waals surface area contributed by atoms with Gasteiger partial charge in [-0.1, -0.05) is 11.6 Å². The lowest BCUT2D eigenvalue weighted by molar-refractivity contribution is -0.114. The second-order valence-corrected chi connectivity index (χ2v) is 5.06. The minimum Gasteiger partial charge on any atom is -0.298 e. The van der Waals surface area contributed by atoms with Gasteiger partial charge in [0.1, 0.15) is 11.0 Å². The quantitative estimate of drug-likeness (QED) is 0.799. The monoisotopic (exact) mass is 305 g/mol. The van der Waals surface area contributed by atoms with Crippen LogP contribution in [0.5, 0.6) is 0 Å². The van der Waals surface area contributed by atoms with Crippen LogP contribution >= 0.6 is 11.6 Å². The van der Waals surface area contributed by atoms with Gasteiger partial charge in [0.2, 0.25) is 0 Å². The van der Waals surface area contributed by atoms with Crippen molar-refractivity contribution < 1.29 is 14.0 Å². The lowest BCUT2D eigenvalue weighted by Crippen LogP contribution is -2.29. The first-order chi connectivity index (χ1) is 9.97. The summed E-state index contributed by atoms with van der Waals surface area (Å²) in [5.41, 5.74) is 1.51. The van der Waals surface area contributed by atoms with Crippen molar-refractivity contribution in [2.45, 2.75) is 13.5 Å². The first kappa shape index (κ1) is 13.6. The number of hydrogen-bond acceptors (Lipinski definition) is 4. The van der Waals surface area contributed by atoms with Crippen LogP contribution in [0.2, 0.25) is 5.15 Å². The predicted octanol–water partition coefficient (Wildman–Crippen LogP) is 2.31. The van der Waals surface area contributed by atoms with Gasteiger partial charge in [0, 0.05) is 0 Å². The number of carbonyl (C=O) groups is 2. The molecule has 2 aromatic rings. The van der Waals surface area contributed by atoms with Gasteiger partial charge in [0.15, 0.2) is 0 Å². The molecule has 3 rings (SSSR count). The van der Waals surface area contributed by atoms with Crippen LogP contribution < -0.4 is 4.90 Å². The fourth-order valence-corrected chi connectivity index (χ4v) is 2.44. The van der Waals surface area contributed by atoms with Crippen LogP contribution in [0.3, 0.4) is 0 Å². The summed E-state index contributed by atoms with van der Waals surface area (Å²) in [6, 6.07) is 2.36. The highest BCUT2D eigenvalue weighted by molar-refractivity contribution is 6.52. The third kappa shape index (κ3) is 2.27. The standard InChI is InChI=1S/C14H9ClFN3O2/c1-7-2-8(16)3-10-12(7)19(14(21)13(10)20)6-9-4-18-11(15)5-17-9/h2-5H,6H2,1H3. The molecule has 5 nitrogen and oxygen atoms in total. The van der Waals surface area contributed by atoms with Gasteiger partial charge in [0.05, 0.1) is 35.9 Å². The summed E-state index contributed by atoms with van der Waals surface area (Å²) in [5, 5.41) is 0.237. The number of amides is 1. The number of aryl methyl sites for hydroxylation is 1. The van der Waals surface area contributed by atoms with Crippen molar-refractivity contribution >= 4 is 29.0 Å². The number of hydrogen-bond donors (Lipinski definition) is 0. The molecular formula is C14H9ClFN3O2. The molecule has 0 saturated heterocycles. The zero-order chi connectivity index (χ0) is 15.1. The highest BCUT2D eigenvalue weighted by Gasteiger charge is 2.37. The van der Waals surface area contributed by atoms with Crippen molar-refractivity contribution in [2.24, 2.45) is 0 Å². The average molecular weight is 306 g/mol. The van der Waals surface area contributed by atoms with Crippen LogP contribution in [0, 0.1) is 12.7 Å². The lowest BCUT2D eigenvalue weighted by atomic mass is 10.1. The molecule has 1 amide bonds. The Morgan fingerprint density at radius 2 is 2.00 bits per heavy atom.